The highest BCUT2D eigenvalue weighted by Crippen LogP contribution is 2.24. The van der Waals surface area contributed by atoms with Gasteiger partial charge in [0.1, 0.15) is 17.1 Å². The summed E-state index contributed by atoms with van der Waals surface area (Å²) in [5.74, 6) is 1.76. The van der Waals surface area contributed by atoms with Crippen molar-refractivity contribution in [1.29, 1.82) is 0 Å². The Labute approximate surface area is 159 Å². The monoisotopic (exact) mass is 366 g/mol. The number of hydrogen-bond acceptors (Lipinski definition) is 4. The maximum atomic E-state index is 11.4. The van der Waals surface area contributed by atoms with Crippen LogP contribution in [-0.2, 0) is 17.8 Å². The van der Waals surface area contributed by atoms with Gasteiger partial charge in [0.15, 0.2) is 5.65 Å². The van der Waals surface area contributed by atoms with Crippen LogP contribution in [0.4, 0.5) is 5.69 Å². The number of fused-ring (bicyclic) bond motifs is 1. The van der Waals surface area contributed by atoms with Crippen molar-refractivity contribution in [3.8, 4) is 5.75 Å². The van der Waals surface area contributed by atoms with Gasteiger partial charge >= 0.3 is 0 Å². The van der Waals surface area contributed by atoms with E-state index in [0.717, 1.165) is 47.7 Å². The van der Waals surface area contributed by atoms with Crippen LogP contribution >= 0.6 is 0 Å². The lowest BCUT2D eigenvalue weighted by Gasteiger charge is -2.11. The Morgan fingerprint density at radius 3 is 2.59 bits per heavy atom. The number of benzene rings is 1. The number of ether oxygens (including phenoxy) is 1. The van der Waals surface area contributed by atoms with Crippen molar-refractivity contribution in [3.63, 3.8) is 0 Å². The molecule has 0 saturated carbocycles. The third kappa shape index (κ3) is 4.27. The third-order valence-electron chi connectivity index (χ3n) is 4.55. The molecule has 6 heteroatoms. The average Bonchev–Trinajstić information content (AvgIpc) is 2.97. The SMILES string of the molecule is CCCCc1nc2cc(NC(C)=O)c(C)nc2n1Cc1ccc(OC)cc1. The molecule has 142 valence electrons. The smallest absolute Gasteiger partial charge is 0.221 e. The first-order chi connectivity index (χ1) is 13.0. The molecule has 0 atom stereocenters. The summed E-state index contributed by atoms with van der Waals surface area (Å²) < 4.78 is 7.42. The number of unbranched alkanes of at least 4 members (excludes halogenated alkanes) is 1. The summed E-state index contributed by atoms with van der Waals surface area (Å²) in [6, 6.07) is 9.97. The fourth-order valence-electron chi connectivity index (χ4n) is 3.11. The molecule has 0 bridgehead atoms. The first-order valence-corrected chi connectivity index (χ1v) is 9.29. The van der Waals surface area contributed by atoms with E-state index >= 15 is 0 Å². The topological polar surface area (TPSA) is 69.0 Å². The van der Waals surface area contributed by atoms with Gasteiger partial charge in [-0.05, 0) is 37.1 Å². The summed E-state index contributed by atoms with van der Waals surface area (Å²) >= 11 is 0. The molecular formula is C21H26N4O2. The minimum absolute atomic E-state index is 0.108. The number of amides is 1. The minimum Gasteiger partial charge on any atom is -0.497 e. The maximum absolute atomic E-state index is 11.4. The van der Waals surface area contributed by atoms with Gasteiger partial charge in [-0.2, -0.15) is 0 Å². The van der Waals surface area contributed by atoms with Crippen LogP contribution in [0.25, 0.3) is 11.2 Å². The van der Waals surface area contributed by atoms with Crippen molar-refractivity contribution < 1.29 is 9.53 Å². The molecule has 1 amide bonds. The lowest BCUT2D eigenvalue weighted by molar-refractivity contribution is -0.114. The molecule has 0 unspecified atom stereocenters. The number of hydrogen-bond donors (Lipinski definition) is 1. The van der Waals surface area contributed by atoms with Crippen LogP contribution < -0.4 is 10.1 Å². The average molecular weight is 366 g/mol. The molecule has 6 nitrogen and oxygen atoms in total. The summed E-state index contributed by atoms with van der Waals surface area (Å²) in [4.78, 5) is 21.0. The zero-order chi connectivity index (χ0) is 19.4. The zero-order valence-corrected chi connectivity index (χ0v) is 16.4. The van der Waals surface area contributed by atoms with Gasteiger partial charge in [-0.15, -0.1) is 0 Å². The number of rotatable bonds is 7. The van der Waals surface area contributed by atoms with Crippen LogP contribution in [-0.4, -0.2) is 27.6 Å². The number of methoxy groups -OCH3 is 1. The predicted octanol–water partition coefficient (Wildman–Crippen LogP) is 4.10. The van der Waals surface area contributed by atoms with Gasteiger partial charge in [-0.25, -0.2) is 9.97 Å². The molecule has 0 fully saturated rings. The highest BCUT2D eigenvalue weighted by atomic mass is 16.5. The molecule has 0 radical (unpaired) electrons. The Kier molecular flexibility index (Phi) is 5.74. The minimum atomic E-state index is -0.108. The van der Waals surface area contributed by atoms with Crippen molar-refractivity contribution in [2.45, 2.75) is 46.6 Å². The maximum Gasteiger partial charge on any atom is 0.221 e. The predicted molar refractivity (Wildman–Crippen MR) is 107 cm³/mol. The fourth-order valence-corrected chi connectivity index (χ4v) is 3.11. The Bertz CT molecular complexity index is 945. The van der Waals surface area contributed by atoms with Crippen molar-refractivity contribution in [2.75, 3.05) is 12.4 Å². The molecule has 27 heavy (non-hydrogen) atoms. The summed E-state index contributed by atoms with van der Waals surface area (Å²) in [5, 5.41) is 2.83. The lowest BCUT2D eigenvalue weighted by Crippen LogP contribution is -2.09. The van der Waals surface area contributed by atoms with E-state index in [0.29, 0.717) is 12.2 Å². The van der Waals surface area contributed by atoms with Gasteiger partial charge in [0.25, 0.3) is 0 Å². The number of nitrogens with one attached hydrogen (secondary N) is 1. The van der Waals surface area contributed by atoms with Crippen molar-refractivity contribution in [1.82, 2.24) is 14.5 Å². The zero-order valence-electron chi connectivity index (χ0n) is 16.4. The molecule has 0 saturated heterocycles. The van der Waals surface area contributed by atoms with Crippen LogP contribution in [0.5, 0.6) is 5.75 Å². The molecule has 0 aliphatic heterocycles. The molecule has 2 heterocycles. The van der Waals surface area contributed by atoms with Crippen molar-refractivity contribution >= 4 is 22.8 Å². The first kappa shape index (κ1) is 18.9. The number of carbonyl (C=O) groups excluding carboxylic acids is 1. The quantitative estimate of drug-likeness (QED) is 0.683. The number of aryl methyl sites for hydroxylation is 2. The van der Waals surface area contributed by atoms with Crippen LogP contribution in [0.2, 0.25) is 0 Å². The van der Waals surface area contributed by atoms with E-state index in [9.17, 15) is 4.79 Å². The van der Waals surface area contributed by atoms with E-state index in [1.807, 2.05) is 25.1 Å². The van der Waals surface area contributed by atoms with Gasteiger partial charge in [0.05, 0.1) is 25.0 Å². The van der Waals surface area contributed by atoms with E-state index in [2.05, 4.69) is 28.9 Å². The third-order valence-corrected chi connectivity index (χ3v) is 4.55. The Morgan fingerprint density at radius 1 is 1.22 bits per heavy atom. The highest BCUT2D eigenvalue weighted by Gasteiger charge is 2.15. The second-order valence-corrected chi connectivity index (χ2v) is 6.71. The molecule has 0 aliphatic rings. The van der Waals surface area contributed by atoms with E-state index < -0.39 is 0 Å². The lowest BCUT2D eigenvalue weighted by atomic mass is 10.2. The second-order valence-electron chi connectivity index (χ2n) is 6.71. The molecule has 0 aliphatic carbocycles. The molecule has 2 aromatic heterocycles. The van der Waals surface area contributed by atoms with E-state index in [4.69, 9.17) is 14.7 Å². The summed E-state index contributed by atoms with van der Waals surface area (Å²) in [7, 11) is 1.67. The first-order valence-electron chi connectivity index (χ1n) is 9.29. The number of nitrogens with zero attached hydrogens (tertiary/aromatic N) is 3. The Hall–Kier alpha value is -2.89. The summed E-state index contributed by atoms with van der Waals surface area (Å²) in [6.07, 6.45) is 3.08. The fraction of sp³-hybridized carbons (Fsp3) is 0.381. The number of carbonyl (C=O) groups is 1. The number of imidazole rings is 1. The Balaban J connectivity index is 2.03. The highest BCUT2D eigenvalue weighted by molar-refractivity contribution is 5.91. The molecule has 3 aromatic rings. The molecule has 3 rings (SSSR count). The molecule has 1 N–H and O–H groups in total. The van der Waals surface area contributed by atoms with Gasteiger partial charge in [0.2, 0.25) is 5.91 Å². The Morgan fingerprint density at radius 2 is 1.96 bits per heavy atom. The van der Waals surface area contributed by atoms with Crippen LogP contribution in [0.3, 0.4) is 0 Å². The number of pyridine rings is 1. The molecular weight excluding hydrogens is 340 g/mol. The van der Waals surface area contributed by atoms with Crippen molar-refractivity contribution in [2.24, 2.45) is 0 Å². The van der Waals surface area contributed by atoms with Gasteiger partial charge in [0, 0.05) is 13.3 Å². The summed E-state index contributed by atoms with van der Waals surface area (Å²) in [6.45, 7) is 6.28. The number of aromatic nitrogens is 3. The van der Waals surface area contributed by atoms with Crippen molar-refractivity contribution in [3.05, 3.63) is 47.4 Å². The van der Waals surface area contributed by atoms with E-state index in [1.165, 1.54) is 12.5 Å². The van der Waals surface area contributed by atoms with Crippen LogP contribution in [0.1, 0.15) is 43.8 Å². The molecule has 0 spiro atoms. The number of anilines is 1. The standard InChI is InChI=1S/C21H26N4O2/c1-5-6-7-20-24-19-12-18(23-15(3)26)14(2)22-21(19)25(20)13-16-8-10-17(27-4)11-9-16/h8-12H,5-7,13H2,1-4H3,(H,23,26). The van der Waals surface area contributed by atoms with E-state index in [-0.39, 0.29) is 5.91 Å². The second kappa shape index (κ2) is 8.20. The van der Waals surface area contributed by atoms with Crippen LogP contribution in [0.15, 0.2) is 30.3 Å². The summed E-state index contributed by atoms with van der Waals surface area (Å²) in [5.41, 5.74) is 4.33. The van der Waals surface area contributed by atoms with Crippen LogP contribution in [0, 0.1) is 6.92 Å². The van der Waals surface area contributed by atoms with Gasteiger partial charge in [-0.1, -0.05) is 25.5 Å². The molecule has 1 aromatic carbocycles. The van der Waals surface area contributed by atoms with Gasteiger partial charge < -0.3 is 14.6 Å². The van der Waals surface area contributed by atoms with Gasteiger partial charge in [-0.3, -0.25) is 4.79 Å². The van der Waals surface area contributed by atoms with E-state index in [1.54, 1.807) is 7.11 Å². The largest absolute Gasteiger partial charge is 0.497 e. The normalized spacial score (nSPS) is 11.0.